The SMILES string of the molecule is CC(=O)N1CCN(C(=O)CCC(=O)Nc2ccc(C(F)(F)F)cc2)CC1. The summed E-state index contributed by atoms with van der Waals surface area (Å²) in [6.07, 6.45) is -4.49. The van der Waals surface area contributed by atoms with Gasteiger partial charge in [-0.2, -0.15) is 13.2 Å². The van der Waals surface area contributed by atoms with Crippen LogP contribution in [0.15, 0.2) is 24.3 Å². The standard InChI is InChI=1S/C17H20F3N3O3/c1-12(24)22-8-10-23(11-9-22)16(26)7-6-15(25)21-14-4-2-13(3-5-14)17(18,19)20/h2-5H,6-11H2,1H3,(H,21,25). The summed E-state index contributed by atoms with van der Waals surface area (Å²) in [5, 5.41) is 2.47. The number of amides is 3. The maximum Gasteiger partial charge on any atom is 0.416 e. The predicted molar refractivity (Wildman–Crippen MR) is 88.1 cm³/mol. The molecule has 1 aromatic carbocycles. The normalized spacial score (nSPS) is 14.9. The Morgan fingerprint density at radius 1 is 0.962 bits per heavy atom. The number of benzene rings is 1. The average Bonchev–Trinajstić information content (AvgIpc) is 2.59. The molecule has 0 bridgehead atoms. The van der Waals surface area contributed by atoms with Gasteiger partial charge in [-0.25, -0.2) is 0 Å². The highest BCUT2D eigenvalue weighted by Gasteiger charge is 2.30. The number of rotatable bonds is 4. The molecule has 6 nitrogen and oxygen atoms in total. The van der Waals surface area contributed by atoms with Gasteiger partial charge in [-0.1, -0.05) is 0 Å². The maximum absolute atomic E-state index is 12.5. The van der Waals surface area contributed by atoms with E-state index in [1.165, 1.54) is 19.1 Å². The van der Waals surface area contributed by atoms with Crippen molar-refractivity contribution in [1.29, 1.82) is 0 Å². The molecule has 1 aliphatic rings. The molecule has 142 valence electrons. The number of hydrogen-bond donors (Lipinski definition) is 1. The molecule has 0 spiro atoms. The van der Waals surface area contributed by atoms with Gasteiger partial charge in [-0.15, -0.1) is 0 Å². The summed E-state index contributed by atoms with van der Waals surface area (Å²) < 4.78 is 37.5. The molecule has 0 aromatic heterocycles. The Bertz CT molecular complexity index is 666. The van der Waals surface area contributed by atoms with Crippen molar-refractivity contribution in [2.75, 3.05) is 31.5 Å². The second kappa shape index (κ2) is 8.20. The number of anilines is 1. The zero-order valence-corrected chi connectivity index (χ0v) is 14.3. The van der Waals surface area contributed by atoms with Crippen LogP contribution in [0, 0.1) is 0 Å². The molecule has 0 atom stereocenters. The third-order valence-corrected chi connectivity index (χ3v) is 4.14. The van der Waals surface area contributed by atoms with Crippen molar-refractivity contribution >= 4 is 23.4 Å². The van der Waals surface area contributed by atoms with Gasteiger partial charge in [0.25, 0.3) is 0 Å². The molecule has 0 saturated carbocycles. The molecule has 1 heterocycles. The van der Waals surface area contributed by atoms with E-state index < -0.39 is 17.6 Å². The molecule has 1 aliphatic heterocycles. The highest BCUT2D eigenvalue weighted by Crippen LogP contribution is 2.29. The van der Waals surface area contributed by atoms with Gasteiger partial charge in [0.15, 0.2) is 0 Å². The highest BCUT2D eigenvalue weighted by atomic mass is 19.4. The second-order valence-corrected chi connectivity index (χ2v) is 6.01. The van der Waals surface area contributed by atoms with Crippen LogP contribution in [0.1, 0.15) is 25.3 Å². The first-order chi connectivity index (χ1) is 12.2. The minimum atomic E-state index is -4.43. The lowest BCUT2D eigenvalue weighted by Gasteiger charge is -2.34. The summed E-state index contributed by atoms with van der Waals surface area (Å²) >= 11 is 0. The first-order valence-electron chi connectivity index (χ1n) is 8.17. The fraction of sp³-hybridized carbons (Fsp3) is 0.471. The molecular weight excluding hydrogens is 351 g/mol. The lowest BCUT2D eigenvalue weighted by atomic mass is 10.2. The quantitative estimate of drug-likeness (QED) is 0.881. The Balaban J connectivity index is 1.76. The van der Waals surface area contributed by atoms with E-state index >= 15 is 0 Å². The van der Waals surface area contributed by atoms with E-state index in [1.54, 1.807) is 9.80 Å². The summed E-state index contributed by atoms with van der Waals surface area (Å²) in [6.45, 7) is 3.28. The van der Waals surface area contributed by atoms with Crippen molar-refractivity contribution in [3.8, 4) is 0 Å². The minimum absolute atomic E-state index is 0.00649. The molecule has 1 N–H and O–H groups in total. The van der Waals surface area contributed by atoms with Gasteiger partial charge in [-0.3, -0.25) is 14.4 Å². The molecule has 1 saturated heterocycles. The summed E-state index contributed by atoms with van der Waals surface area (Å²) in [7, 11) is 0. The zero-order chi connectivity index (χ0) is 19.3. The van der Waals surface area contributed by atoms with E-state index in [9.17, 15) is 27.6 Å². The fourth-order valence-electron chi connectivity index (χ4n) is 2.62. The van der Waals surface area contributed by atoms with Crippen LogP contribution < -0.4 is 5.32 Å². The highest BCUT2D eigenvalue weighted by molar-refractivity contribution is 5.93. The average molecular weight is 371 g/mol. The van der Waals surface area contributed by atoms with Crippen LogP contribution in [-0.2, 0) is 20.6 Å². The molecule has 9 heteroatoms. The predicted octanol–water partition coefficient (Wildman–Crippen LogP) is 2.11. The van der Waals surface area contributed by atoms with Gasteiger partial charge in [0.1, 0.15) is 0 Å². The zero-order valence-electron chi connectivity index (χ0n) is 14.3. The summed E-state index contributed by atoms with van der Waals surface area (Å²) in [5.41, 5.74) is -0.555. The lowest BCUT2D eigenvalue weighted by Crippen LogP contribution is -2.50. The van der Waals surface area contributed by atoms with Crippen LogP contribution in [-0.4, -0.2) is 53.7 Å². The van der Waals surface area contributed by atoms with Crippen LogP contribution in [0.25, 0.3) is 0 Å². The number of carbonyl (C=O) groups is 3. The van der Waals surface area contributed by atoms with Crippen LogP contribution in [0.2, 0.25) is 0 Å². The largest absolute Gasteiger partial charge is 0.416 e. The van der Waals surface area contributed by atoms with Crippen molar-refractivity contribution in [2.45, 2.75) is 25.9 Å². The fourth-order valence-corrected chi connectivity index (χ4v) is 2.62. The molecule has 2 rings (SSSR count). The van der Waals surface area contributed by atoms with Gasteiger partial charge < -0.3 is 15.1 Å². The first-order valence-corrected chi connectivity index (χ1v) is 8.17. The first kappa shape index (κ1) is 19.7. The monoisotopic (exact) mass is 371 g/mol. The van der Waals surface area contributed by atoms with Crippen LogP contribution in [0.3, 0.4) is 0 Å². The second-order valence-electron chi connectivity index (χ2n) is 6.01. The maximum atomic E-state index is 12.5. The van der Waals surface area contributed by atoms with Crippen LogP contribution in [0.5, 0.6) is 0 Å². The van der Waals surface area contributed by atoms with E-state index in [-0.39, 0.29) is 30.3 Å². The van der Waals surface area contributed by atoms with Crippen molar-refractivity contribution in [3.63, 3.8) is 0 Å². The van der Waals surface area contributed by atoms with E-state index in [0.29, 0.717) is 26.2 Å². The number of carbonyl (C=O) groups excluding carboxylic acids is 3. The third kappa shape index (κ3) is 5.47. The number of hydrogen-bond acceptors (Lipinski definition) is 3. The Kier molecular flexibility index (Phi) is 6.23. The number of nitrogens with one attached hydrogen (secondary N) is 1. The Morgan fingerprint density at radius 3 is 2.00 bits per heavy atom. The van der Waals surface area contributed by atoms with Gasteiger partial charge >= 0.3 is 6.18 Å². The van der Waals surface area contributed by atoms with E-state index in [4.69, 9.17) is 0 Å². The van der Waals surface area contributed by atoms with E-state index in [2.05, 4.69) is 5.32 Å². The smallest absolute Gasteiger partial charge is 0.339 e. The molecule has 3 amide bonds. The van der Waals surface area contributed by atoms with Gasteiger partial charge in [0.05, 0.1) is 5.56 Å². The molecule has 1 aromatic rings. The molecule has 0 unspecified atom stereocenters. The number of nitrogens with zero attached hydrogens (tertiary/aromatic N) is 2. The van der Waals surface area contributed by atoms with E-state index in [1.807, 2.05) is 0 Å². The van der Waals surface area contributed by atoms with Crippen LogP contribution in [0.4, 0.5) is 18.9 Å². The lowest BCUT2D eigenvalue weighted by molar-refractivity contribution is -0.138. The van der Waals surface area contributed by atoms with Gasteiger partial charge in [0.2, 0.25) is 17.7 Å². The summed E-state index contributed by atoms with van der Waals surface area (Å²) in [4.78, 5) is 38.5. The molecular formula is C17H20F3N3O3. The topological polar surface area (TPSA) is 69.7 Å². The van der Waals surface area contributed by atoms with Crippen molar-refractivity contribution in [2.24, 2.45) is 0 Å². The van der Waals surface area contributed by atoms with Gasteiger partial charge in [0, 0.05) is 51.6 Å². The Hall–Kier alpha value is -2.58. The van der Waals surface area contributed by atoms with Crippen molar-refractivity contribution in [3.05, 3.63) is 29.8 Å². The van der Waals surface area contributed by atoms with Crippen molar-refractivity contribution in [1.82, 2.24) is 9.80 Å². The molecule has 0 aliphatic carbocycles. The number of alkyl halides is 3. The van der Waals surface area contributed by atoms with Crippen molar-refractivity contribution < 1.29 is 27.6 Å². The number of halogens is 3. The third-order valence-electron chi connectivity index (χ3n) is 4.14. The van der Waals surface area contributed by atoms with Gasteiger partial charge in [-0.05, 0) is 24.3 Å². The number of piperazine rings is 1. The van der Waals surface area contributed by atoms with E-state index in [0.717, 1.165) is 12.1 Å². The molecule has 0 radical (unpaired) electrons. The molecule has 26 heavy (non-hydrogen) atoms. The summed E-state index contributed by atoms with van der Waals surface area (Å²) in [5.74, 6) is -0.663. The Morgan fingerprint density at radius 2 is 1.50 bits per heavy atom. The molecule has 1 fully saturated rings. The Labute approximate surface area is 148 Å². The van der Waals surface area contributed by atoms with Crippen LogP contribution >= 0.6 is 0 Å². The minimum Gasteiger partial charge on any atom is -0.339 e. The summed E-state index contributed by atoms with van der Waals surface area (Å²) in [6, 6.07) is 4.11.